The van der Waals surface area contributed by atoms with Gasteiger partial charge in [-0.25, -0.2) is 12.8 Å². The fourth-order valence-corrected chi connectivity index (χ4v) is 5.24. The van der Waals surface area contributed by atoms with E-state index >= 15 is 0 Å². The molecule has 0 saturated carbocycles. The number of carbonyl (C=O) groups is 2. The summed E-state index contributed by atoms with van der Waals surface area (Å²) in [5.74, 6) is -0.910. The van der Waals surface area contributed by atoms with E-state index in [4.69, 9.17) is 11.6 Å². The third kappa shape index (κ3) is 5.09. The van der Waals surface area contributed by atoms with Gasteiger partial charge in [-0.1, -0.05) is 11.6 Å². The van der Waals surface area contributed by atoms with E-state index in [1.807, 2.05) is 0 Å². The van der Waals surface area contributed by atoms with Crippen molar-refractivity contribution in [2.75, 3.05) is 16.4 Å². The number of sulfone groups is 1. The molecule has 0 bridgehead atoms. The summed E-state index contributed by atoms with van der Waals surface area (Å²) in [4.78, 5) is 24.8. The summed E-state index contributed by atoms with van der Waals surface area (Å²) in [6.45, 7) is 1.41. The molecule has 10 heteroatoms. The van der Waals surface area contributed by atoms with Crippen LogP contribution in [-0.2, 0) is 19.4 Å². The van der Waals surface area contributed by atoms with Gasteiger partial charge in [-0.2, -0.15) is 0 Å². The van der Waals surface area contributed by atoms with Gasteiger partial charge in [0.05, 0.1) is 21.5 Å². The molecule has 2 amide bonds. The third-order valence-corrected chi connectivity index (χ3v) is 7.80. The number of nitrogens with one attached hydrogen (secondary N) is 2. The number of halogens is 2. The second-order valence-electron chi connectivity index (χ2n) is 6.54. The quantitative estimate of drug-likeness (QED) is 0.706. The minimum absolute atomic E-state index is 0.0111. The van der Waals surface area contributed by atoms with Crippen LogP contribution in [0.1, 0.15) is 19.8 Å². The molecule has 1 unspecified atom stereocenters. The highest BCUT2D eigenvalue weighted by molar-refractivity contribution is 7.99. The number of fused-ring (bicyclic) bond motifs is 1. The van der Waals surface area contributed by atoms with Crippen molar-refractivity contribution in [3.05, 3.63) is 47.2 Å². The van der Waals surface area contributed by atoms with Crippen LogP contribution in [0.2, 0.25) is 5.02 Å². The lowest BCUT2D eigenvalue weighted by Crippen LogP contribution is -2.25. The van der Waals surface area contributed by atoms with Gasteiger partial charge < -0.3 is 10.6 Å². The molecule has 154 valence electrons. The Kier molecular flexibility index (Phi) is 6.50. The average molecular weight is 457 g/mol. The molecule has 6 nitrogen and oxygen atoms in total. The van der Waals surface area contributed by atoms with Crippen LogP contribution in [0.5, 0.6) is 0 Å². The lowest BCUT2D eigenvalue weighted by molar-refractivity contribution is -0.116. The number of benzene rings is 2. The minimum Gasteiger partial charge on any atom is -0.325 e. The number of amides is 2. The van der Waals surface area contributed by atoms with E-state index in [1.54, 1.807) is 6.07 Å². The molecule has 1 atom stereocenters. The third-order valence-electron chi connectivity index (χ3n) is 4.35. The number of hydrogen-bond acceptors (Lipinski definition) is 5. The average Bonchev–Trinajstić information content (AvgIpc) is 2.83. The summed E-state index contributed by atoms with van der Waals surface area (Å²) in [5.41, 5.74) is 0.368. The Bertz CT molecular complexity index is 1080. The second kappa shape index (κ2) is 8.73. The van der Waals surface area contributed by atoms with Gasteiger partial charge in [-0.05, 0) is 43.3 Å². The minimum atomic E-state index is -3.84. The SMILES string of the molecule is CC(CC(=O)Nc1ccc(Cl)cc1F)S(=O)(=O)c1ccc2c(c1)NC(=O)CCS2. The van der Waals surface area contributed by atoms with Crippen molar-refractivity contribution >= 4 is 56.4 Å². The van der Waals surface area contributed by atoms with E-state index in [-0.39, 0.29) is 27.9 Å². The summed E-state index contributed by atoms with van der Waals surface area (Å²) < 4.78 is 39.6. The van der Waals surface area contributed by atoms with Crippen molar-refractivity contribution in [3.63, 3.8) is 0 Å². The lowest BCUT2D eigenvalue weighted by atomic mass is 10.2. The largest absolute Gasteiger partial charge is 0.325 e. The molecular formula is C19H18ClFN2O4S2. The second-order valence-corrected chi connectivity index (χ2v) is 10.5. The van der Waals surface area contributed by atoms with Gasteiger partial charge in [0.2, 0.25) is 11.8 Å². The molecule has 2 aromatic rings. The normalized spacial score (nSPS) is 15.1. The van der Waals surface area contributed by atoms with Crippen molar-refractivity contribution in [1.29, 1.82) is 0 Å². The predicted molar refractivity (Wildman–Crippen MR) is 112 cm³/mol. The Morgan fingerprint density at radius 3 is 2.79 bits per heavy atom. The molecule has 0 saturated heterocycles. The van der Waals surface area contributed by atoms with Crippen LogP contribution in [0.4, 0.5) is 15.8 Å². The number of anilines is 2. The van der Waals surface area contributed by atoms with E-state index in [0.717, 1.165) is 11.0 Å². The molecule has 1 aliphatic rings. The van der Waals surface area contributed by atoms with Gasteiger partial charge in [0.25, 0.3) is 0 Å². The van der Waals surface area contributed by atoms with Crippen LogP contribution < -0.4 is 10.6 Å². The topological polar surface area (TPSA) is 92.3 Å². The molecule has 29 heavy (non-hydrogen) atoms. The first-order valence-electron chi connectivity index (χ1n) is 8.72. The fraction of sp³-hybridized carbons (Fsp3) is 0.263. The zero-order valence-electron chi connectivity index (χ0n) is 15.4. The number of carbonyl (C=O) groups excluding carboxylic acids is 2. The first-order valence-corrected chi connectivity index (χ1v) is 11.6. The van der Waals surface area contributed by atoms with E-state index in [0.29, 0.717) is 17.9 Å². The Labute approximate surface area is 177 Å². The Morgan fingerprint density at radius 1 is 1.31 bits per heavy atom. The van der Waals surface area contributed by atoms with Crippen molar-refractivity contribution in [2.24, 2.45) is 0 Å². The van der Waals surface area contributed by atoms with E-state index < -0.39 is 26.8 Å². The molecule has 1 aliphatic heterocycles. The van der Waals surface area contributed by atoms with Crippen LogP contribution in [-0.4, -0.2) is 31.2 Å². The molecule has 0 spiro atoms. The van der Waals surface area contributed by atoms with Crippen molar-refractivity contribution in [3.8, 4) is 0 Å². The molecule has 3 rings (SSSR count). The summed E-state index contributed by atoms with van der Waals surface area (Å²) in [5, 5.41) is 4.19. The van der Waals surface area contributed by atoms with Crippen molar-refractivity contribution in [1.82, 2.24) is 0 Å². The number of thioether (sulfide) groups is 1. The van der Waals surface area contributed by atoms with Crippen LogP contribution in [0, 0.1) is 5.82 Å². The molecular weight excluding hydrogens is 439 g/mol. The zero-order chi connectivity index (χ0) is 21.2. The van der Waals surface area contributed by atoms with Gasteiger partial charge in [-0.3, -0.25) is 9.59 Å². The molecule has 2 aromatic carbocycles. The predicted octanol–water partition coefficient (Wildman–Crippen LogP) is 4.10. The Hall–Kier alpha value is -2.10. The van der Waals surface area contributed by atoms with E-state index in [1.165, 1.54) is 43.0 Å². The zero-order valence-corrected chi connectivity index (χ0v) is 17.8. The van der Waals surface area contributed by atoms with Crippen LogP contribution >= 0.6 is 23.4 Å². The monoisotopic (exact) mass is 456 g/mol. The van der Waals surface area contributed by atoms with Gasteiger partial charge in [-0.15, -0.1) is 11.8 Å². The highest BCUT2D eigenvalue weighted by Crippen LogP contribution is 2.33. The maximum absolute atomic E-state index is 13.8. The molecule has 0 aliphatic carbocycles. The molecule has 1 heterocycles. The van der Waals surface area contributed by atoms with Crippen molar-refractivity contribution in [2.45, 2.75) is 34.8 Å². The number of hydrogen-bond donors (Lipinski definition) is 2. The standard InChI is InChI=1S/C19H18ClFN2O4S2/c1-11(8-19(25)22-15-4-2-12(20)9-14(15)21)29(26,27)13-3-5-17-16(10-13)23-18(24)6-7-28-17/h2-5,9-11H,6-8H2,1H3,(H,22,25)(H,23,24). The molecule has 2 N–H and O–H groups in total. The summed E-state index contributed by atoms with van der Waals surface area (Å²) in [6.07, 6.45) is -0.0120. The van der Waals surface area contributed by atoms with Gasteiger partial charge in [0.15, 0.2) is 9.84 Å². The molecule has 0 fully saturated rings. The van der Waals surface area contributed by atoms with Crippen LogP contribution in [0.25, 0.3) is 0 Å². The van der Waals surface area contributed by atoms with Crippen molar-refractivity contribution < 1.29 is 22.4 Å². The lowest BCUT2D eigenvalue weighted by Gasteiger charge is -2.15. The summed E-state index contributed by atoms with van der Waals surface area (Å²) >= 11 is 7.14. The van der Waals surface area contributed by atoms with Crippen LogP contribution in [0.15, 0.2) is 46.2 Å². The smallest absolute Gasteiger partial charge is 0.225 e. The van der Waals surface area contributed by atoms with Crippen LogP contribution in [0.3, 0.4) is 0 Å². The Balaban J connectivity index is 1.75. The summed E-state index contributed by atoms with van der Waals surface area (Å²) in [6, 6.07) is 8.30. The maximum atomic E-state index is 13.8. The van der Waals surface area contributed by atoms with Gasteiger partial charge in [0, 0.05) is 28.5 Å². The molecule has 0 radical (unpaired) electrons. The first-order chi connectivity index (χ1) is 13.7. The first kappa shape index (κ1) is 21.6. The van der Waals surface area contributed by atoms with Gasteiger partial charge in [0.1, 0.15) is 5.82 Å². The molecule has 0 aromatic heterocycles. The Morgan fingerprint density at radius 2 is 2.07 bits per heavy atom. The maximum Gasteiger partial charge on any atom is 0.225 e. The number of rotatable bonds is 5. The van der Waals surface area contributed by atoms with Gasteiger partial charge >= 0.3 is 0 Å². The highest BCUT2D eigenvalue weighted by atomic mass is 35.5. The summed E-state index contributed by atoms with van der Waals surface area (Å²) in [7, 11) is -3.84. The fourth-order valence-electron chi connectivity index (χ4n) is 2.77. The highest BCUT2D eigenvalue weighted by Gasteiger charge is 2.27. The van der Waals surface area contributed by atoms with E-state index in [2.05, 4.69) is 10.6 Å². The van der Waals surface area contributed by atoms with E-state index in [9.17, 15) is 22.4 Å².